The van der Waals surface area contributed by atoms with Gasteiger partial charge in [-0.15, -0.1) is 0 Å². The first-order valence-electron chi connectivity index (χ1n) is 13.8. The molecule has 2 heterocycles. The molecule has 2 bridgehead atoms. The topological polar surface area (TPSA) is 79.3 Å². The van der Waals surface area contributed by atoms with E-state index < -0.39 is 17.8 Å². The molecule has 7 rings (SSSR count). The predicted molar refractivity (Wildman–Crippen MR) is 127 cm³/mol. The average Bonchev–Trinajstić information content (AvgIpc) is 3.52. The Kier molecular flexibility index (Phi) is 4.03. The fourth-order valence-corrected chi connectivity index (χ4v) is 11.7. The van der Waals surface area contributed by atoms with Gasteiger partial charge in [0, 0.05) is 11.3 Å². The molecule has 34 heavy (non-hydrogen) atoms. The first kappa shape index (κ1) is 22.3. The lowest BCUT2D eigenvalue weighted by molar-refractivity contribution is -0.266. The molecule has 5 aliphatic carbocycles. The van der Waals surface area contributed by atoms with E-state index in [0.717, 1.165) is 44.1 Å². The second-order valence-electron chi connectivity index (χ2n) is 14.3. The molecule has 188 valence electrons. The van der Waals surface area contributed by atoms with E-state index in [1.807, 2.05) is 0 Å². The highest BCUT2D eigenvalue weighted by Crippen LogP contribution is 2.83. The van der Waals surface area contributed by atoms with Crippen LogP contribution in [0.2, 0.25) is 0 Å². The van der Waals surface area contributed by atoms with Gasteiger partial charge in [-0.05, 0) is 85.0 Å². The van der Waals surface area contributed by atoms with Crippen LogP contribution < -0.4 is 0 Å². The Bertz CT molecular complexity index is 993. The van der Waals surface area contributed by atoms with Crippen molar-refractivity contribution in [3.63, 3.8) is 0 Å². The molecule has 0 unspecified atom stereocenters. The van der Waals surface area contributed by atoms with Crippen LogP contribution in [0.5, 0.6) is 0 Å². The van der Waals surface area contributed by atoms with E-state index in [2.05, 4.69) is 41.2 Å². The first-order chi connectivity index (χ1) is 15.9. The molecule has 5 nitrogen and oxygen atoms in total. The van der Waals surface area contributed by atoms with Crippen molar-refractivity contribution in [2.45, 2.75) is 110 Å². The minimum absolute atomic E-state index is 0.0484. The Labute approximate surface area is 203 Å². The summed E-state index contributed by atoms with van der Waals surface area (Å²) in [4.78, 5) is 13.7. The van der Waals surface area contributed by atoms with Crippen molar-refractivity contribution >= 4 is 5.97 Å². The number of esters is 1. The second-order valence-corrected chi connectivity index (χ2v) is 14.3. The average molecular weight is 471 g/mol. The first-order valence-corrected chi connectivity index (χ1v) is 13.8. The molecule has 1 spiro atoms. The van der Waals surface area contributed by atoms with E-state index >= 15 is 0 Å². The van der Waals surface area contributed by atoms with Gasteiger partial charge in [-0.1, -0.05) is 41.2 Å². The van der Waals surface area contributed by atoms with Gasteiger partial charge in [-0.2, -0.15) is 0 Å². The maximum Gasteiger partial charge on any atom is 0.313 e. The summed E-state index contributed by atoms with van der Waals surface area (Å²) in [6.07, 6.45) is 4.95. The van der Waals surface area contributed by atoms with Crippen molar-refractivity contribution in [2.75, 3.05) is 0 Å². The van der Waals surface area contributed by atoms with Crippen molar-refractivity contribution in [3.05, 3.63) is 12.2 Å². The zero-order valence-electron chi connectivity index (χ0n) is 21.5. The van der Waals surface area contributed by atoms with Crippen LogP contribution in [0.4, 0.5) is 0 Å². The number of carbonyl (C=O) groups excluding carboxylic acids is 1. The fraction of sp³-hybridized carbons (Fsp3) is 0.897. The Morgan fingerprint density at radius 3 is 2.47 bits per heavy atom. The van der Waals surface area contributed by atoms with E-state index in [4.69, 9.17) is 9.47 Å². The molecule has 5 saturated carbocycles. The summed E-state index contributed by atoms with van der Waals surface area (Å²) in [6.45, 7) is 16.2. The van der Waals surface area contributed by atoms with E-state index in [1.54, 1.807) is 0 Å². The zero-order valence-corrected chi connectivity index (χ0v) is 21.5. The zero-order chi connectivity index (χ0) is 24.2. The molecule has 2 N–H and O–H groups in total. The Hall–Kier alpha value is -0.910. The highest BCUT2D eigenvalue weighted by atomic mass is 16.6. The highest BCUT2D eigenvalue weighted by molar-refractivity contribution is 5.82. The molecule has 0 aromatic rings. The van der Waals surface area contributed by atoms with Crippen LogP contribution in [0, 0.1) is 51.2 Å². The van der Waals surface area contributed by atoms with Crippen LogP contribution in [0.1, 0.15) is 79.6 Å². The van der Waals surface area contributed by atoms with Crippen LogP contribution in [-0.2, 0) is 14.3 Å². The maximum absolute atomic E-state index is 13.7. The van der Waals surface area contributed by atoms with E-state index in [-0.39, 0.29) is 57.6 Å². The van der Waals surface area contributed by atoms with Crippen LogP contribution in [0.25, 0.3) is 0 Å². The molecule has 0 aromatic carbocycles. The smallest absolute Gasteiger partial charge is 0.313 e. The minimum Gasteiger partial charge on any atom is -0.455 e. The van der Waals surface area contributed by atoms with Crippen molar-refractivity contribution in [3.8, 4) is 0 Å². The lowest BCUT2D eigenvalue weighted by Gasteiger charge is -2.71. The molecule has 2 saturated heterocycles. The molecule has 7 fully saturated rings. The summed E-state index contributed by atoms with van der Waals surface area (Å²) in [7, 11) is 0. The Morgan fingerprint density at radius 2 is 1.74 bits per heavy atom. The second kappa shape index (κ2) is 6.14. The van der Waals surface area contributed by atoms with Crippen LogP contribution >= 0.6 is 0 Å². The van der Waals surface area contributed by atoms with Gasteiger partial charge in [-0.3, -0.25) is 4.79 Å². The van der Waals surface area contributed by atoms with Crippen molar-refractivity contribution < 1.29 is 24.5 Å². The molecule has 14 atom stereocenters. The number of hydrogen-bond acceptors (Lipinski definition) is 5. The third-order valence-electron chi connectivity index (χ3n) is 13.7. The number of ether oxygens (including phenoxy) is 2. The number of fused-ring (bicyclic) bond motifs is 6. The van der Waals surface area contributed by atoms with Gasteiger partial charge in [0.05, 0.1) is 17.6 Å². The molecule has 0 amide bonds. The Balaban J connectivity index is 1.40. The van der Waals surface area contributed by atoms with E-state index in [1.165, 1.54) is 0 Å². The molecule has 2 aliphatic heterocycles. The van der Waals surface area contributed by atoms with Crippen LogP contribution in [0.3, 0.4) is 0 Å². The van der Waals surface area contributed by atoms with Gasteiger partial charge < -0.3 is 19.7 Å². The lowest BCUT2D eigenvalue weighted by Crippen LogP contribution is -2.75. The van der Waals surface area contributed by atoms with Gasteiger partial charge in [-0.25, -0.2) is 0 Å². The normalized spacial score (nSPS) is 65.8. The summed E-state index contributed by atoms with van der Waals surface area (Å²) in [5.41, 5.74) is -0.504. The standard InChI is InChI=1S/C29H42O5/c1-14-7-10-28-12-11-27(6)26(5)9-8-17-16(3)19(31)18(30)13-25(17,4)22(26)20-23(33-20)29(27,34-24(28)32)21(28)15(14)2/h14-15,17-23,30-31H,3,7-13H2,1-2,4-6H3/t14-,15+,17+,18-,19-,20+,21-,22-,23+,25+,26-,27+,28+,29-/m1/s1. The van der Waals surface area contributed by atoms with E-state index in [9.17, 15) is 15.0 Å². The van der Waals surface area contributed by atoms with Gasteiger partial charge in [0.25, 0.3) is 0 Å². The molecular formula is C29H42O5. The molecular weight excluding hydrogens is 428 g/mol. The number of rotatable bonds is 0. The summed E-state index contributed by atoms with van der Waals surface area (Å²) >= 11 is 0. The van der Waals surface area contributed by atoms with E-state index in [0.29, 0.717) is 18.3 Å². The van der Waals surface area contributed by atoms with Gasteiger partial charge in [0.15, 0.2) is 5.60 Å². The largest absolute Gasteiger partial charge is 0.455 e. The molecule has 5 heteroatoms. The van der Waals surface area contributed by atoms with Crippen LogP contribution in [-0.4, -0.2) is 46.2 Å². The van der Waals surface area contributed by atoms with Crippen molar-refractivity contribution in [2.24, 2.45) is 51.2 Å². The van der Waals surface area contributed by atoms with Gasteiger partial charge >= 0.3 is 5.97 Å². The van der Waals surface area contributed by atoms with Gasteiger partial charge in [0.2, 0.25) is 0 Å². The number of epoxide rings is 1. The lowest BCUT2D eigenvalue weighted by atomic mass is 9.31. The van der Waals surface area contributed by atoms with Crippen molar-refractivity contribution in [1.29, 1.82) is 0 Å². The summed E-state index contributed by atoms with van der Waals surface area (Å²) in [6, 6.07) is 0. The molecule has 0 aromatic heterocycles. The summed E-state index contributed by atoms with van der Waals surface area (Å²) in [5, 5.41) is 21.5. The SMILES string of the molecule is C=C1[C@@H](O)[C@H](O)C[C@]2(C)[C@H]3[C@@H]4O[C@@H]4[C@]45OC(=O)[C@@]6(CC[C@@H](C)[C@H](C)[C@H]64)CC[C@@]5(C)[C@]3(C)CC[C@@H]12. The predicted octanol–water partition coefficient (Wildman–Crippen LogP) is 4.25. The Morgan fingerprint density at radius 1 is 1.00 bits per heavy atom. The third kappa shape index (κ3) is 2.02. The number of aliphatic hydroxyl groups is 2. The van der Waals surface area contributed by atoms with Crippen LogP contribution in [0.15, 0.2) is 12.2 Å². The minimum atomic E-state index is -0.834. The molecule has 7 aliphatic rings. The fourth-order valence-electron chi connectivity index (χ4n) is 11.7. The number of aliphatic hydroxyl groups excluding tert-OH is 2. The van der Waals surface area contributed by atoms with Gasteiger partial charge in [0.1, 0.15) is 12.2 Å². The third-order valence-corrected chi connectivity index (χ3v) is 13.7. The highest BCUT2D eigenvalue weighted by Gasteiger charge is 2.89. The molecule has 0 radical (unpaired) electrons. The quantitative estimate of drug-likeness (QED) is 0.314. The number of hydrogen-bond donors (Lipinski definition) is 2. The van der Waals surface area contributed by atoms with Crippen molar-refractivity contribution in [1.82, 2.24) is 0 Å². The monoisotopic (exact) mass is 470 g/mol. The summed E-state index contributed by atoms with van der Waals surface area (Å²) < 4.78 is 13.5. The number of carbonyl (C=O) groups is 1. The maximum atomic E-state index is 13.7. The summed E-state index contributed by atoms with van der Waals surface area (Å²) in [5.74, 6) is 1.74.